The van der Waals surface area contributed by atoms with E-state index in [0.717, 1.165) is 18.9 Å². The van der Waals surface area contributed by atoms with Crippen LogP contribution in [-0.4, -0.2) is 29.9 Å². The van der Waals surface area contributed by atoms with Crippen LogP contribution in [0.15, 0.2) is 16.6 Å². The first-order valence-electron chi connectivity index (χ1n) is 5.69. The van der Waals surface area contributed by atoms with E-state index in [-0.39, 0.29) is 22.9 Å². The number of hydrogen-bond acceptors (Lipinski definition) is 2. The van der Waals surface area contributed by atoms with Crippen LogP contribution < -0.4 is 5.73 Å². The van der Waals surface area contributed by atoms with E-state index in [9.17, 15) is 13.6 Å². The fourth-order valence-electron chi connectivity index (χ4n) is 2.08. The molecule has 0 spiro atoms. The van der Waals surface area contributed by atoms with Gasteiger partial charge in [0, 0.05) is 19.1 Å². The van der Waals surface area contributed by atoms with Gasteiger partial charge < -0.3 is 10.6 Å². The summed E-state index contributed by atoms with van der Waals surface area (Å²) in [6.07, 6.45) is 1.58. The van der Waals surface area contributed by atoms with Gasteiger partial charge in [-0.15, -0.1) is 12.4 Å². The summed E-state index contributed by atoms with van der Waals surface area (Å²) in [7, 11) is 0. The van der Waals surface area contributed by atoms with Crippen molar-refractivity contribution in [3.8, 4) is 0 Å². The summed E-state index contributed by atoms with van der Waals surface area (Å²) < 4.78 is 27.5. The van der Waals surface area contributed by atoms with Crippen molar-refractivity contribution in [1.82, 2.24) is 4.90 Å². The lowest BCUT2D eigenvalue weighted by atomic mass is 10.0. The molecule has 1 heterocycles. The topological polar surface area (TPSA) is 46.3 Å². The van der Waals surface area contributed by atoms with Gasteiger partial charge in [0.1, 0.15) is 11.4 Å². The smallest absolute Gasteiger partial charge is 0.259 e. The Morgan fingerprint density at radius 2 is 2.11 bits per heavy atom. The molecule has 0 aromatic heterocycles. The molecule has 3 nitrogen and oxygen atoms in total. The minimum Gasteiger partial charge on any atom is -0.337 e. The quantitative estimate of drug-likeness (QED) is 0.787. The van der Waals surface area contributed by atoms with E-state index in [0.29, 0.717) is 13.1 Å². The van der Waals surface area contributed by atoms with Crippen LogP contribution >= 0.6 is 28.3 Å². The van der Waals surface area contributed by atoms with E-state index >= 15 is 0 Å². The molecule has 1 fully saturated rings. The normalized spacial score (nSPS) is 18.9. The molecule has 2 rings (SSSR count). The van der Waals surface area contributed by atoms with E-state index in [2.05, 4.69) is 15.9 Å². The van der Waals surface area contributed by atoms with Crippen LogP contribution in [0.4, 0.5) is 8.78 Å². The highest BCUT2D eigenvalue weighted by Gasteiger charge is 2.27. The molecule has 1 unspecified atom stereocenters. The van der Waals surface area contributed by atoms with Gasteiger partial charge in [0.2, 0.25) is 0 Å². The Morgan fingerprint density at radius 1 is 1.42 bits per heavy atom. The van der Waals surface area contributed by atoms with Gasteiger partial charge in [-0.05, 0) is 40.9 Å². The van der Waals surface area contributed by atoms with Crippen LogP contribution in [0.3, 0.4) is 0 Å². The minimum absolute atomic E-state index is 0. The molecule has 1 amide bonds. The number of carbonyl (C=O) groups is 1. The lowest BCUT2D eigenvalue weighted by molar-refractivity contribution is 0.0698. The number of amides is 1. The summed E-state index contributed by atoms with van der Waals surface area (Å²) in [5, 5.41) is 0. The third-order valence-electron chi connectivity index (χ3n) is 3.00. The highest BCUT2D eigenvalue weighted by atomic mass is 79.9. The Morgan fingerprint density at radius 3 is 2.74 bits per heavy atom. The van der Waals surface area contributed by atoms with Gasteiger partial charge >= 0.3 is 0 Å². The van der Waals surface area contributed by atoms with E-state index in [1.54, 1.807) is 0 Å². The molecule has 19 heavy (non-hydrogen) atoms. The molecule has 0 aliphatic carbocycles. The molecule has 2 N–H and O–H groups in total. The minimum atomic E-state index is -0.862. The maximum Gasteiger partial charge on any atom is 0.259 e. The van der Waals surface area contributed by atoms with Crippen molar-refractivity contribution < 1.29 is 13.6 Å². The van der Waals surface area contributed by atoms with Crippen molar-refractivity contribution in [2.45, 2.75) is 18.9 Å². The summed E-state index contributed by atoms with van der Waals surface area (Å²) in [6.45, 7) is 0.822. The number of carbonyl (C=O) groups excluding carboxylic acids is 1. The van der Waals surface area contributed by atoms with Gasteiger partial charge in [0.05, 0.1) is 4.47 Å². The summed E-state index contributed by atoms with van der Waals surface area (Å²) in [5.74, 6) is -2.35. The lowest BCUT2D eigenvalue weighted by Gasteiger charge is -2.31. The number of nitrogens with two attached hydrogens (primary N) is 1. The molecule has 1 atom stereocenters. The Hall–Kier alpha value is -0.720. The molecule has 1 aliphatic rings. The Balaban J connectivity index is 0.00000180. The van der Waals surface area contributed by atoms with Crippen molar-refractivity contribution >= 4 is 34.2 Å². The SMILES string of the molecule is Cl.NC1CCCN(C(=O)c2c(F)ccc(Br)c2F)C1. The van der Waals surface area contributed by atoms with Gasteiger partial charge in [-0.3, -0.25) is 4.79 Å². The van der Waals surface area contributed by atoms with Gasteiger partial charge in [0.25, 0.3) is 5.91 Å². The zero-order chi connectivity index (χ0) is 13.3. The predicted octanol–water partition coefficient (Wildman–Crippen LogP) is 2.71. The molecule has 1 saturated heterocycles. The Kier molecular flexibility index (Phi) is 5.70. The van der Waals surface area contributed by atoms with Crippen LogP contribution in [0.5, 0.6) is 0 Å². The van der Waals surface area contributed by atoms with Crippen molar-refractivity contribution in [2.24, 2.45) is 5.73 Å². The first-order chi connectivity index (χ1) is 8.50. The zero-order valence-corrected chi connectivity index (χ0v) is 12.4. The maximum atomic E-state index is 13.8. The number of halogens is 4. The average molecular weight is 356 g/mol. The molecular weight excluding hydrogens is 341 g/mol. The first-order valence-corrected chi connectivity index (χ1v) is 6.48. The molecule has 1 aromatic rings. The van der Waals surface area contributed by atoms with Crippen LogP contribution in [0.1, 0.15) is 23.2 Å². The highest BCUT2D eigenvalue weighted by Crippen LogP contribution is 2.24. The Bertz CT molecular complexity index is 487. The fraction of sp³-hybridized carbons (Fsp3) is 0.417. The standard InChI is InChI=1S/C12H13BrF2N2O.ClH/c13-8-3-4-9(14)10(11(8)15)12(18)17-5-1-2-7(16)6-17;/h3-4,7H,1-2,5-6,16H2;1H. The predicted molar refractivity (Wildman–Crippen MR) is 74.4 cm³/mol. The fourth-order valence-corrected chi connectivity index (χ4v) is 2.41. The van der Waals surface area contributed by atoms with E-state index in [4.69, 9.17) is 5.73 Å². The third-order valence-corrected chi connectivity index (χ3v) is 3.62. The summed E-state index contributed by atoms with van der Waals surface area (Å²) in [4.78, 5) is 13.5. The van der Waals surface area contributed by atoms with Gasteiger partial charge in [0.15, 0.2) is 5.82 Å². The van der Waals surface area contributed by atoms with Gasteiger partial charge in [-0.1, -0.05) is 0 Å². The zero-order valence-electron chi connectivity index (χ0n) is 10.0. The molecular formula is C12H14BrClF2N2O. The number of rotatable bonds is 1. The van der Waals surface area contributed by atoms with Crippen LogP contribution in [0.25, 0.3) is 0 Å². The number of hydrogen-bond donors (Lipinski definition) is 1. The molecule has 106 valence electrons. The van der Waals surface area contributed by atoms with Crippen LogP contribution in [0.2, 0.25) is 0 Å². The van der Waals surface area contributed by atoms with Crippen molar-refractivity contribution in [1.29, 1.82) is 0 Å². The summed E-state index contributed by atoms with van der Waals surface area (Å²) >= 11 is 2.95. The second-order valence-corrected chi connectivity index (χ2v) is 5.23. The van der Waals surface area contributed by atoms with Gasteiger partial charge in [-0.2, -0.15) is 0 Å². The second kappa shape index (κ2) is 6.63. The number of benzene rings is 1. The second-order valence-electron chi connectivity index (χ2n) is 4.37. The largest absolute Gasteiger partial charge is 0.337 e. The monoisotopic (exact) mass is 354 g/mol. The molecule has 0 radical (unpaired) electrons. The number of piperidine rings is 1. The third kappa shape index (κ3) is 3.43. The average Bonchev–Trinajstić information content (AvgIpc) is 2.34. The summed E-state index contributed by atoms with van der Waals surface area (Å²) in [5.41, 5.74) is 5.24. The Labute approximate surface area is 124 Å². The first kappa shape index (κ1) is 16.3. The van der Waals surface area contributed by atoms with Crippen LogP contribution in [-0.2, 0) is 0 Å². The van der Waals surface area contributed by atoms with Gasteiger partial charge in [-0.25, -0.2) is 8.78 Å². The van der Waals surface area contributed by atoms with Crippen LogP contribution in [0, 0.1) is 11.6 Å². The number of likely N-dealkylation sites (tertiary alicyclic amines) is 1. The molecule has 0 saturated carbocycles. The van der Waals surface area contributed by atoms with E-state index in [1.807, 2.05) is 0 Å². The van der Waals surface area contributed by atoms with Crippen molar-refractivity contribution in [3.05, 3.63) is 33.8 Å². The van der Waals surface area contributed by atoms with E-state index in [1.165, 1.54) is 11.0 Å². The lowest BCUT2D eigenvalue weighted by Crippen LogP contribution is -2.46. The highest BCUT2D eigenvalue weighted by molar-refractivity contribution is 9.10. The summed E-state index contributed by atoms with van der Waals surface area (Å²) in [6, 6.07) is 2.19. The maximum absolute atomic E-state index is 13.8. The van der Waals surface area contributed by atoms with Crippen molar-refractivity contribution in [2.75, 3.05) is 13.1 Å². The molecule has 1 aromatic carbocycles. The molecule has 0 bridgehead atoms. The molecule has 1 aliphatic heterocycles. The van der Waals surface area contributed by atoms with Crippen molar-refractivity contribution in [3.63, 3.8) is 0 Å². The molecule has 7 heteroatoms. The van der Waals surface area contributed by atoms with E-state index < -0.39 is 23.1 Å². The number of nitrogens with zero attached hydrogens (tertiary/aromatic N) is 1.